The number of aliphatic hydroxyl groups is 3. The zero-order valence-electron chi connectivity index (χ0n) is 16.7. The van der Waals surface area contributed by atoms with Crippen LogP contribution in [-0.4, -0.2) is 74.3 Å². The van der Waals surface area contributed by atoms with Crippen molar-refractivity contribution in [1.29, 1.82) is 5.41 Å². The van der Waals surface area contributed by atoms with Gasteiger partial charge in [0, 0.05) is 18.3 Å². The maximum Gasteiger partial charge on any atom is 0.164 e. The van der Waals surface area contributed by atoms with Gasteiger partial charge in [-0.25, -0.2) is 15.4 Å². The van der Waals surface area contributed by atoms with E-state index in [2.05, 4.69) is 34.6 Å². The molecule has 2 aromatic heterocycles. The van der Waals surface area contributed by atoms with Crippen molar-refractivity contribution in [1.82, 2.24) is 20.0 Å². The van der Waals surface area contributed by atoms with Crippen molar-refractivity contribution in [2.24, 2.45) is 5.92 Å². The molecular formula is C18H28N6O5. The van der Waals surface area contributed by atoms with Gasteiger partial charge in [-0.15, -0.1) is 0 Å². The average Bonchev–Trinajstić information content (AvgIpc) is 3.21. The maximum atomic E-state index is 10.4. The molecule has 0 spiro atoms. The topological polar surface area (TPSA) is 158 Å². The van der Waals surface area contributed by atoms with Crippen LogP contribution in [0.15, 0.2) is 12.5 Å². The third kappa shape index (κ3) is 4.19. The number of fused-ring (bicyclic) bond motifs is 1. The predicted octanol–water partition coefficient (Wildman–Crippen LogP) is -0.0228. The molecule has 29 heavy (non-hydrogen) atoms. The highest BCUT2D eigenvalue weighted by atomic mass is 16.6. The summed E-state index contributed by atoms with van der Waals surface area (Å²) in [5.41, 5.74) is 3.35. The van der Waals surface area contributed by atoms with Gasteiger partial charge in [0.25, 0.3) is 0 Å². The van der Waals surface area contributed by atoms with Crippen molar-refractivity contribution in [2.45, 2.75) is 44.8 Å². The number of nitrogens with one attached hydrogen (secondary N) is 3. The fourth-order valence-electron chi connectivity index (χ4n) is 3.35. The summed E-state index contributed by atoms with van der Waals surface area (Å²) in [4.78, 5) is 13.5. The smallest absolute Gasteiger partial charge is 0.164 e. The molecule has 1 aliphatic rings. The van der Waals surface area contributed by atoms with Crippen LogP contribution in [-0.2, 0) is 9.57 Å². The van der Waals surface area contributed by atoms with Crippen LogP contribution in [0, 0.1) is 11.3 Å². The summed E-state index contributed by atoms with van der Waals surface area (Å²) in [5.74, 6) is 1.03. The largest absolute Gasteiger partial charge is 0.394 e. The maximum absolute atomic E-state index is 10.4. The van der Waals surface area contributed by atoms with Crippen molar-refractivity contribution in [2.75, 3.05) is 25.6 Å². The van der Waals surface area contributed by atoms with E-state index < -0.39 is 31.1 Å². The van der Waals surface area contributed by atoms with Crippen molar-refractivity contribution in [3.63, 3.8) is 0 Å². The minimum Gasteiger partial charge on any atom is -0.394 e. The fourth-order valence-corrected chi connectivity index (χ4v) is 3.35. The Bertz CT molecular complexity index is 857. The van der Waals surface area contributed by atoms with Gasteiger partial charge in [0.15, 0.2) is 12.1 Å². The molecule has 4 atom stereocenters. The Hall–Kier alpha value is -2.31. The Balaban J connectivity index is 2.06. The fraction of sp³-hybridized carbons (Fsp3) is 0.611. The Labute approximate surface area is 168 Å². The van der Waals surface area contributed by atoms with Crippen LogP contribution in [0.2, 0.25) is 0 Å². The molecule has 1 saturated heterocycles. The van der Waals surface area contributed by atoms with Gasteiger partial charge >= 0.3 is 0 Å². The van der Waals surface area contributed by atoms with Gasteiger partial charge in [-0.2, -0.15) is 0 Å². The van der Waals surface area contributed by atoms with Crippen LogP contribution in [0.5, 0.6) is 0 Å². The highest BCUT2D eigenvalue weighted by molar-refractivity contribution is 6.10. The van der Waals surface area contributed by atoms with E-state index in [1.807, 2.05) is 0 Å². The molecule has 0 aliphatic carbocycles. The lowest BCUT2D eigenvalue weighted by atomic mass is 10.1. The van der Waals surface area contributed by atoms with Crippen LogP contribution in [0.3, 0.4) is 0 Å². The predicted molar refractivity (Wildman–Crippen MR) is 105 cm³/mol. The second-order valence-electron chi connectivity index (χ2n) is 7.39. The summed E-state index contributed by atoms with van der Waals surface area (Å²) in [6, 6.07) is 0. The van der Waals surface area contributed by atoms with Crippen molar-refractivity contribution in [3.05, 3.63) is 18.1 Å². The molecular weight excluding hydrogens is 380 g/mol. The standard InChI is InChI=1S/C18H28N6O5/c1-9(2)4-5-20-16-12-10(15(19)23-28-3)6-24(17(12)22-8-21-16)18-14(27)13(26)11(7-25)29-18/h6,8-9,11,13-14,18,25-27H,4-5,7H2,1-3H3,(H2,19,23)(H,20,21,22)/t11?,13?,14-,18+/m0/s1. The van der Waals surface area contributed by atoms with Crippen LogP contribution in [0.1, 0.15) is 32.1 Å². The zero-order chi connectivity index (χ0) is 21.1. The number of hydroxylamine groups is 1. The second-order valence-corrected chi connectivity index (χ2v) is 7.39. The number of hydrogen-bond donors (Lipinski definition) is 6. The van der Waals surface area contributed by atoms with E-state index in [9.17, 15) is 15.3 Å². The monoisotopic (exact) mass is 408 g/mol. The number of ether oxygens (including phenoxy) is 1. The molecule has 6 N–H and O–H groups in total. The quantitative estimate of drug-likeness (QED) is 0.200. The molecule has 0 aromatic carbocycles. The van der Waals surface area contributed by atoms with Crippen molar-refractivity contribution < 1.29 is 24.9 Å². The van der Waals surface area contributed by atoms with E-state index in [4.69, 9.17) is 15.0 Å². The lowest BCUT2D eigenvalue weighted by Gasteiger charge is -2.17. The Morgan fingerprint density at radius 1 is 1.34 bits per heavy atom. The van der Waals surface area contributed by atoms with Crippen LogP contribution < -0.4 is 10.8 Å². The number of aromatic nitrogens is 3. The minimum absolute atomic E-state index is 0.0234. The summed E-state index contributed by atoms with van der Waals surface area (Å²) in [5, 5.41) is 42.0. The molecule has 3 rings (SSSR count). The minimum atomic E-state index is -1.27. The number of rotatable bonds is 8. The van der Waals surface area contributed by atoms with Gasteiger partial charge in [-0.05, 0) is 12.3 Å². The molecule has 3 heterocycles. The van der Waals surface area contributed by atoms with Crippen molar-refractivity contribution in [3.8, 4) is 0 Å². The van der Waals surface area contributed by atoms with Crippen LogP contribution in [0.4, 0.5) is 5.82 Å². The Morgan fingerprint density at radius 2 is 2.10 bits per heavy atom. The van der Waals surface area contributed by atoms with Gasteiger partial charge in [-0.1, -0.05) is 13.8 Å². The molecule has 160 valence electrons. The molecule has 0 bridgehead atoms. The highest BCUT2D eigenvalue weighted by Gasteiger charge is 2.44. The van der Waals surface area contributed by atoms with Crippen LogP contribution >= 0.6 is 0 Å². The van der Waals surface area contributed by atoms with E-state index in [1.165, 1.54) is 18.0 Å². The lowest BCUT2D eigenvalue weighted by Crippen LogP contribution is -2.33. The molecule has 11 heteroatoms. The van der Waals surface area contributed by atoms with Crippen molar-refractivity contribution >= 4 is 22.7 Å². The normalized spacial score (nSPS) is 24.4. The van der Waals surface area contributed by atoms with Gasteiger partial charge in [0.1, 0.15) is 36.1 Å². The number of hydrogen-bond acceptors (Lipinski definition) is 9. The molecule has 0 saturated carbocycles. The first-order chi connectivity index (χ1) is 13.9. The molecule has 0 amide bonds. The first-order valence-electron chi connectivity index (χ1n) is 9.48. The summed E-state index contributed by atoms with van der Waals surface area (Å²) < 4.78 is 7.18. The summed E-state index contributed by atoms with van der Waals surface area (Å²) in [6.45, 7) is 4.50. The first kappa shape index (κ1) is 21.4. The SMILES string of the molecule is CONC(=N)c1cn([C@@H]2OC(CO)C(O)[C@@H]2O)c2ncnc(NCCC(C)C)c12. The summed E-state index contributed by atoms with van der Waals surface area (Å²) in [7, 11) is 1.40. The van der Waals surface area contributed by atoms with Gasteiger partial charge in [0.2, 0.25) is 0 Å². The third-order valence-corrected chi connectivity index (χ3v) is 4.89. The number of aliphatic hydroxyl groups excluding tert-OH is 3. The molecule has 0 radical (unpaired) electrons. The summed E-state index contributed by atoms with van der Waals surface area (Å²) >= 11 is 0. The van der Waals surface area contributed by atoms with E-state index in [0.29, 0.717) is 34.9 Å². The summed E-state index contributed by atoms with van der Waals surface area (Å²) in [6.07, 6.45) is -0.508. The van der Waals surface area contributed by atoms with Gasteiger partial charge in [0.05, 0.1) is 19.1 Å². The van der Waals surface area contributed by atoms with E-state index in [0.717, 1.165) is 6.42 Å². The van der Waals surface area contributed by atoms with E-state index >= 15 is 0 Å². The third-order valence-electron chi connectivity index (χ3n) is 4.89. The lowest BCUT2D eigenvalue weighted by molar-refractivity contribution is -0.0508. The van der Waals surface area contributed by atoms with Crippen LogP contribution in [0.25, 0.3) is 11.0 Å². The second kappa shape index (κ2) is 9.01. The first-order valence-corrected chi connectivity index (χ1v) is 9.48. The number of anilines is 1. The molecule has 11 nitrogen and oxygen atoms in total. The highest BCUT2D eigenvalue weighted by Crippen LogP contribution is 2.35. The van der Waals surface area contributed by atoms with Gasteiger partial charge in [-0.3, -0.25) is 10.2 Å². The zero-order valence-corrected chi connectivity index (χ0v) is 16.7. The average molecular weight is 408 g/mol. The number of nitrogens with zero attached hydrogens (tertiary/aromatic N) is 3. The Morgan fingerprint density at radius 3 is 2.72 bits per heavy atom. The Kier molecular flexibility index (Phi) is 6.65. The number of amidine groups is 1. The van der Waals surface area contributed by atoms with E-state index in [-0.39, 0.29) is 5.84 Å². The molecule has 1 fully saturated rings. The molecule has 2 unspecified atom stereocenters. The van der Waals surface area contributed by atoms with Gasteiger partial charge < -0.3 is 29.9 Å². The molecule has 1 aliphatic heterocycles. The molecule has 2 aromatic rings. The van der Waals surface area contributed by atoms with E-state index in [1.54, 1.807) is 6.20 Å².